The van der Waals surface area contributed by atoms with Crippen LogP contribution in [0.15, 0.2) is 17.2 Å². The van der Waals surface area contributed by atoms with Crippen molar-refractivity contribution < 1.29 is 16.8 Å². The van der Waals surface area contributed by atoms with Crippen molar-refractivity contribution in [3.63, 3.8) is 0 Å². The second-order valence-corrected chi connectivity index (χ2v) is 8.90. The van der Waals surface area contributed by atoms with Crippen molar-refractivity contribution in [3.8, 4) is 0 Å². The third-order valence-corrected chi connectivity index (χ3v) is 5.53. The molecule has 0 bridgehead atoms. The van der Waals surface area contributed by atoms with Crippen LogP contribution in [-0.2, 0) is 26.4 Å². The fourth-order valence-electron chi connectivity index (χ4n) is 1.52. The molecule has 0 aliphatic rings. The first-order chi connectivity index (χ1) is 9.16. The number of H-pyrrole nitrogens is 1. The zero-order valence-corrected chi connectivity index (χ0v) is 13.5. The predicted octanol–water partition coefficient (Wildman–Crippen LogP) is -0.211. The fraction of sp³-hybridized carbons (Fsp3) is 0.636. The summed E-state index contributed by atoms with van der Waals surface area (Å²) < 4.78 is 47.7. The smallest absolute Gasteiger partial charge is 0.244 e. The van der Waals surface area contributed by atoms with Crippen LogP contribution >= 0.6 is 0 Å². The van der Waals surface area contributed by atoms with E-state index in [0.29, 0.717) is 6.54 Å². The van der Waals surface area contributed by atoms with Gasteiger partial charge in [0.15, 0.2) is 0 Å². The van der Waals surface area contributed by atoms with E-state index in [4.69, 9.17) is 0 Å². The van der Waals surface area contributed by atoms with Gasteiger partial charge < -0.3 is 10.3 Å². The summed E-state index contributed by atoms with van der Waals surface area (Å²) in [5, 5.41) is 3.08. The van der Waals surface area contributed by atoms with Crippen molar-refractivity contribution in [2.45, 2.75) is 18.4 Å². The van der Waals surface area contributed by atoms with Crippen LogP contribution in [0.4, 0.5) is 0 Å². The van der Waals surface area contributed by atoms with E-state index in [9.17, 15) is 16.8 Å². The van der Waals surface area contributed by atoms with E-state index in [1.165, 1.54) is 13.2 Å². The van der Waals surface area contributed by atoms with E-state index in [-0.39, 0.29) is 17.2 Å². The first-order valence-corrected chi connectivity index (χ1v) is 9.69. The summed E-state index contributed by atoms with van der Waals surface area (Å²) in [4.78, 5) is 3.03. The Balaban J connectivity index is 2.79. The zero-order chi connectivity index (χ0) is 15.4. The molecule has 1 aromatic rings. The van der Waals surface area contributed by atoms with Gasteiger partial charge in [0.1, 0.15) is 9.84 Å². The topological polar surface area (TPSA) is 99.3 Å². The molecule has 1 heterocycles. The minimum Gasteiger partial charge on any atom is -0.363 e. The molecule has 0 radical (unpaired) electrons. The molecule has 0 amide bonds. The lowest BCUT2D eigenvalue weighted by Crippen LogP contribution is -2.31. The van der Waals surface area contributed by atoms with Crippen LogP contribution < -0.4 is 5.32 Å². The van der Waals surface area contributed by atoms with Gasteiger partial charge in [-0.3, -0.25) is 0 Å². The highest BCUT2D eigenvalue weighted by Gasteiger charge is 2.22. The molecule has 1 rings (SSSR count). The van der Waals surface area contributed by atoms with Crippen molar-refractivity contribution in [1.29, 1.82) is 0 Å². The molecule has 116 valence electrons. The third kappa shape index (κ3) is 4.89. The molecule has 0 aromatic carbocycles. The van der Waals surface area contributed by atoms with Crippen LogP contribution in [0.25, 0.3) is 0 Å². The standard InChI is InChI=1S/C11H21N3O4S2/c1-4-12-8-10-7-11(9-13-10)20(17,18)14(2)5-6-19(3,15)16/h7,9,12-13H,4-6,8H2,1-3H3. The molecular weight excluding hydrogens is 302 g/mol. The molecule has 0 unspecified atom stereocenters. The average Bonchev–Trinajstić information content (AvgIpc) is 2.81. The number of hydrogen-bond donors (Lipinski definition) is 2. The van der Waals surface area contributed by atoms with E-state index in [0.717, 1.165) is 22.8 Å². The SMILES string of the molecule is CCNCc1cc(S(=O)(=O)N(C)CCS(C)(=O)=O)c[nH]1. The normalized spacial score (nSPS) is 13.0. The van der Waals surface area contributed by atoms with E-state index in [1.54, 1.807) is 6.07 Å². The van der Waals surface area contributed by atoms with Crippen molar-refractivity contribution in [2.24, 2.45) is 0 Å². The van der Waals surface area contributed by atoms with Crippen LogP contribution in [0.3, 0.4) is 0 Å². The number of rotatable bonds is 8. The highest BCUT2D eigenvalue weighted by atomic mass is 32.2. The molecule has 0 atom stereocenters. The molecule has 0 saturated heterocycles. The predicted molar refractivity (Wildman–Crippen MR) is 77.7 cm³/mol. The molecule has 0 fully saturated rings. The molecule has 7 nitrogen and oxygen atoms in total. The van der Waals surface area contributed by atoms with Crippen LogP contribution in [0.5, 0.6) is 0 Å². The Kier molecular flexibility index (Phi) is 5.75. The molecule has 0 aliphatic heterocycles. The summed E-state index contributed by atoms with van der Waals surface area (Å²) in [7, 11) is -5.48. The monoisotopic (exact) mass is 323 g/mol. The summed E-state index contributed by atoms with van der Waals surface area (Å²) in [5.74, 6) is -0.197. The lowest BCUT2D eigenvalue weighted by atomic mass is 10.4. The lowest BCUT2D eigenvalue weighted by Gasteiger charge is -2.15. The molecule has 9 heteroatoms. The maximum Gasteiger partial charge on any atom is 0.244 e. The zero-order valence-electron chi connectivity index (χ0n) is 11.9. The Labute approximate surface area is 120 Å². The van der Waals surface area contributed by atoms with E-state index >= 15 is 0 Å². The number of nitrogens with one attached hydrogen (secondary N) is 2. The van der Waals surface area contributed by atoms with Crippen LogP contribution in [0.2, 0.25) is 0 Å². The molecule has 2 N–H and O–H groups in total. The quantitative estimate of drug-likeness (QED) is 0.689. The lowest BCUT2D eigenvalue weighted by molar-refractivity contribution is 0.485. The van der Waals surface area contributed by atoms with Gasteiger partial charge in [0.2, 0.25) is 10.0 Å². The first kappa shape index (κ1) is 17.2. The van der Waals surface area contributed by atoms with E-state index in [1.807, 2.05) is 6.92 Å². The minimum atomic E-state index is -3.66. The van der Waals surface area contributed by atoms with Gasteiger partial charge in [-0.25, -0.2) is 16.8 Å². The van der Waals surface area contributed by atoms with Gasteiger partial charge in [-0.05, 0) is 12.6 Å². The maximum absolute atomic E-state index is 12.2. The van der Waals surface area contributed by atoms with Crippen molar-refractivity contribution in [1.82, 2.24) is 14.6 Å². The Morgan fingerprint density at radius 1 is 1.30 bits per heavy atom. The van der Waals surface area contributed by atoms with Crippen molar-refractivity contribution in [2.75, 3.05) is 32.1 Å². The maximum atomic E-state index is 12.2. The number of aromatic nitrogens is 1. The molecule has 0 saturated carbocycles. The number of sulfone groups is 1. The summed E-state index contributed by atoms with van der Waals surface area (Å²) in [6.07, 6.45) is 2.50. The number of hydrogen-bond acceptors (Lipinski definition) is 5. The number of sulfonamides is 1. The van der Waals surface area contributed by atoms with Gasteiger partial charge in [-0.1, -0.05) is 6.92 Å². The minimum absolute atomic E-state index is 0.0606. The van der Waals surface area contributed by atoms with Gasteiger partial charge >= 0.3 is 0 Å². The van der Waals surface area contributed by atoms with Crippen molar-refractivity contribution >= 4 is 19.9 Å². The van der Waals surface area contributed by atoms with Gasteiger partial charge in [-0.2, -0.15) is 4.31 Å². The second kappa shape index (κ2) is 6.70. The molecule has 0 spiro atoms. The Hall–Kier alpha value is -0.900. The van der Waals surface area contributed by atoms with E-state index in [2.05, 4.69) is 10.3 Å². The average molecular weight is 323 g/mol. The Morgan fingerprint density at radius 2 is 1.95 bits per heavy atom. The number of nitrogens with zero attached hydrogens (tertiary/aromatic N) is 1. The highest BCUT2D eigenvalue weighted by molar-refractivity contribution is 7.91. The molecule has 1 aromatic heterocycles. The highest BCUT2D eigenvalue weighted by Crippen LogP contribution is 2.15. The van der Waals surface area contributed by atoms with Gasteiger partial charge in [0.25, 0.3) is 0 Å². The van der Waals surface area contributed by atoms with Crippen molar-refractivity contribution in [3.05, 3.63) is 18.0 Å². The van der Waals surface area contributed by atoms with E-state index < -0.39 is 19.9 Å². The summed E-state index contributed by atoms with van der Waals surface area (Å²) in [6.45, 7) is 3.24. The summed E-state index contributed by atoms with van der Waals surface area (Å²) in [5.41, 5.74) is 0.766. The summed E-state index contributed by atoms with van der Waals surface area (Å²) in [6, 6.07) is 1.55. The third-order valence-electron chi connectivity index (χ3n) is 2.77. The van der Waals surface area contributed by atoms with Gasteiger partial charge in [-0.15, -0.1) is 0 Å². The van der Waals surface area contributed by atoms with Gasteiger partial charge in [0, 0.05) is 38.3 Å². The number of aromatic amines is 1. The molecule has 0 aliphatic carbocycles. The Morgan fingerprint density at radius 3 is 2.50 bits per heavy atom. The van der Waals surface area contributed by atoms with Crippen LogP contribution in [0.1, 0.15) is 12.6 Å². The largest absolute Gasteiger partial charge is 0.363 e. The first-order valence-electron chi connectivity index (χ1n) is 6.19. The fourth-order valence-corrected chi connectivity index (χ4v) is 3.44. The van der Waals surface area contributed by atoms with Gasteiger partial charge in [0.05, 0.1) is 10.6 Å². The molecular formula is C11H21N3O4S2. The van der Waals surface area contributed by atoms with Crippen LogP contribution in [-0.4, -0.2) is 58.3 Å². The summed E-state index contributed by atoms with van der Waals surface area (Å²) >= 11 is 0. The Bertz CT molecular complexity index is 634. The molecule has 20 heavy (non-hydrogen) atoms. The van der Waals surface area contributed by atoms with Crippen LogP contribution in [0, 0.1) is 0 Å². The second-order valence-electron chi connectivity index (χ2n) is 4.60.